The number of hydrogen-bond donors (Lipinski definition) is 1. The van der Waals surface area contributed by atoms with Gasteiger partial charge in [-0.2, -0.15) is 0 Å². The van der Waals surface area contributed by atoms with E-state index in [0.29, 0.717) is 16.5 Å². The van der Waals surface area contributed by atoms with Crippen LogP contribution >= 0.6 is 0 Å². The molecule has 0 aromatic heterocycles. The number of carbonyl (C=O) groups excluding carboxylic acids is 2. The predicted octanol–water partition coefficient (Wildman–Crippen LogP) is 3.57. The number of carbonyl (C=O) groups is 3. The molecule has 2 aromatic rings. The summed E-state index contributed by atoms with van der Waals surface area (Å²) in [7, 11) is 0. The number of nitrogens with zero attached hydrogens (tertiary/aromatic N) is 1. The maximum atomic E-state index is 12.6. The SMILES string of the molecule is CC.CC(CCN1C(=O)c2cccc3cccc(c23)C1=O)C(=O)O. The quantitative estimate of drug-likeness (QED) is 0.871. The van der Waals surface area contributed by atoms with Crippen LogP contribution in [0.2, 0.25) is 0 Å². The molecular weight excluding hydrogens is 306 g/mol. The van der Waals surface area contributed by atoms with Gasteiger partial charge in [-0.25, -0.2) is 0 Å². The second-order valence-electron chi connectivity index (χ2n) is 5.50. The molecule has 2 amide bonds. The van der Waals surface area contributed by atoms with E-state index in [1.54, 1.807) is 31.2 Å². The lowest BCUT2D eigenvalue weighted by Gasteiger charge is -2.27. The van der Waals surface area contributed by atoms with Crippen molar-refractivity contribution in [3.8, 4) is 0 Å². The van der Waals surface area contributed by atoms with E-state index in [9.17, 15) is 14.4 Å². The third kappa shape index (κ3) is 3.02. The molecule has 1 aliphatic rings. The summed E-state index contributed by atoms with van der Waals surface area (Å²) in [6.45, 7) is 5.67. The Labute approximate surface area is 140 Å². The van der Waals surface area contributed by atoms with Crippen molar-refractivity contribution >= 4 is 28.6 Å². The molecule has 5 heteroatoms. The zero-order chi connectivity index (χ0) is 17.9. The normalized spacial score (nSPS) is 14.2. The number of carboxylic acid groups (broad SMARTS) is 1. The fraction of sp³-hybridized carbons (Fsp3) is 0.316. The standard InChI is InChI=1S/C17H15NO4.C2H6/c1-10(17(21)22)8-9-18-15(19)12-6-2-4-11-5-3-7-13(14(11)12)16(18)20;1-2/h2-7,10H,8-9H2,1H3,(H,21,22);1-2H3. The predicted molar refractivity (Wildman–Crippen MR) is 92.1 cm³/mol. The Kier molecular flexibility index (Phi) is 5.34. The summed E-state index contributed by atoms with van der Waals surface area (Å²) in [5, 5.41) is 10.5. The Morgan fingerprint density at radius 2 is 1.54 bits per heavy atom. The second-order valence-corrected chi connectivity index (χ2v) is 5.50. The fourth-order valence-corrected chi connectivity index (χ4v) is 2.73. The molecule has 3 rings (SSSR count). The molecule has 1 aliphatic heterocycles. The molecule has 0 bridgehead atoms. The van der Waals surface area contributed by atoms with Gasteiger partial charge in [0.15, 0.2) is 0 Å². The van der Waals surface area contributed by atoms with Gasteiger partial charge in [0.25, 0.3) is 11.8 Å². The van der Waals surface area contributed by atoms with Crippen molar-refractivity contribution in [1.82, 2.24) is 4.90 Å². The van der Waals surface area contributed by atoms with E-state index in [1.165, 1.54) is 0 Å². The van der Waals surface area contributed by atoms with Gasteiger partial charge in [-0.05, 0) is 23.9 Å². The molecule has 5 nitrogen and oxygen atoms in total. The summed E-state index contributed by atoms with van der Waals surface area (Å²) < 4.78 is 0. The summed E-state index contributed by atoms with van der Waals surface area (Å²) in [4.78, 5) is 37.2. The first-order chi connectivity index (χ1) is 11.5. The zero-order valence-electron chi connectivity index (χ0n) is 14.1. The molecule has 24 heavy (non-hydrogen) atoms. The summed E-state index contributed by atoms with van der Waals surface area (Å²) in [6.07, 6.45) is 0.241. The smallest absolute Gasteiger partial charge is 0.306 e. The van der Waals surface area contributed by atoms with Crippen molar-refractivity contribution in [2.24, 2.45) is 5.92 Å². The van der Waals surface area contributed by atoms with Crippen molar-refractivity contribution in [2.75, 3.05) is 6.54 Å². The van der Waals surface area contributed by atoms with Gasteiger partial charge < -0.3 is 5.11 Å². The maximum Gasteiger partial charge on any atom is 0.306 e. The van der Waals surface area contributed by atoms with E-state index in [0.717, 1.165) is 10.3 Å². The summed E-state index contributed by atoms with van der Waals surface area (Å²) in [5.74, 6) is -2.24. The average molecular weight is 327 g/mol. The Balaban J connectivity index is 0.00000100. The van der Waals surface area contributed by atoms with Crippen LogP contribution in [0.5, 0.6) is 0 Å². The molecule has 1 heterocycles. The molecule has 0 saturated carbocycles. The number of amides is 2. The van der Waals surface area contributed by atoms with E-state index in [-0.39, 0.29) is 24.8 Å². The van der Waals surface area contributed by atoms with Gasteiger partial charge in [0.2, 0.25) is 0 Å². The molecule has 126 valence electrons. The lowest BCUT2D eigenvalue weighted by atomic mass is 9.93. The highest BCUT2D eigenvalue weighted by Crippen LogP contribution is 2.30. The first-order valence-corrected chi connectivity index (χ1v) is 8.11. The molecular formula is C19H21NO4. The highest BCUT2D eigenvalue weighted by Gasteiger charge is 2.32. The van der Waals surface area contributed by atoms with Crippen LogP contribution in [0.3, 0.4) is 0 Å². The highest BCUT2D eigenvalue weighted by atomic mass is 16.4. The molecule has 0 radical (unpaired) electrons. The lowest BCUT2D eigenvalue weighted by Crippen LogP contribution is -2.41. The number of hydrogen-bond acceptors (Lipinski definition) is 3. The Hall–Kier alpha value is -2.69. The molecule has 1 atom stereocenters. The van der Waals surface area contributed by atoms with Crippen LogP contribution in [0, 0.1) is 5.92 Å². The van der Waals surface area contributed by atoms with E-state index in [2.05, 4.69) is 0 Å². The van der Waals surface area contributed by atoms with E-state index in [4.69, 9.17) is 5.11 Å². The van der Waals surface area contributed by atoms with Crippen LogP contribution in [0.25, 0.3) is 10.8 Å². The largest absolute Gasteiger partial charge is 0.481 e. The number of imide groups is 1. The van der Waals surface area contributed by atoms with Crippen LogP contribution in [0.1, 0.15) is 47.9 Å². The molecule has 0 spiro atoms. The van der Waals surface area contributed by atoms with Crippen molar-refractivity contribution in [2.45, 2.75) is 27.2 Å². The molecule has 2 aromatic carbocycles. The first kappa shape index (κ1) is 17.7. The van der Waals surface area contributed by atoms with Crippen LogP contribution in [0.15, 0.2) is 36.4 Å². The third-order valence-electron chi connectivity index (χ3n) is 4.06. The van der Waals surface area contributed by atoms with Gasteiger partial charge in [-0.3, -0.25) is 19.3 Å². The van der Waals surface area contributed by atoms with Crippen LogP contribution in [-0.4, -0.2) is 34.3 Å². The summed E-state index contributed by atoms with van der Waals surface area (Å²) >= 11 is 0. The average Bonchev–Trinajstić information content (AvgIpc) is 2.60. The first-order valence-electron chi connectivity index (χ1n) is 8.11. The van der Waals surface area contributed by atoms with Gasteiger partial charge in [0.05, 0.1) is 5.92 Å². The van der Waals surface area contributed by atoms with Gasteiger partial charge in [-0.15, -0.1) is 0 Å². The van der Waals surface area contributed by atoms with Crippen LogP contribution in [-0.2, 0) is 4.79 Å². The Morgan fingerprint density at radius 3 is 2.00 bits per heavy atom. The Morgan fingerprint density at radius 1 is 1.04 bits per heavy atom. The molecule has 0 fully saturated rings. The minimum Gasteiger partial charge on any atom is -0.481 e. The maximum absolute atomic E-state index is 12.6. The van der Waals surface area contributed by atoms with Crippen molar-refractivity contribution in [3.05, 3.63) is 47.5 Å². The highest BCUT2D eigenvalue weighted by molar-refractivity contribution is 6.25. The van der Waals surface area contributed by atoms with Crippen LogP contribution in [0.4, 0.5) is 0 Å². The minimum absolute atomic E-state index is 0.107. The number of aliphatic carboxylic acids is 1. The molecule has 1 N–H and O–H groups in total. The Bertz CT molecular complexity index is 746. The summed E-state index contributed by atoms with van der Waals surface area (Å²) in [6, 6.07) is 10.7. The van der Waals surface area contributed by atoms with Gasteiger partial charge in [0.1, 0.15) is 0 Å². The van der Waals surface area contributed by atoms with Crippen molar-refractivity contribution < 1.29 is 19.5 Å². The minimum atomic E-state index is -0.931. The van der Waals surface area contributed by atoms with Crippen LogP contribution < -0.4 is 0 Å². The molecule has 1 unspecified atom stereocenters. The lowest BCUT2D eigenvalue weighted by molar-refractivity contribution is -0.141. The van der Waals surface area contributed by atoms with Gasteiger partial charge in [0, 0.05) is 23.1 Å². The molecule has 0 saturated heterocycles. The zero-order valence-corrected chi connectivity index (χ0v) is 14.1. The second kappa shape index (κ2) is 7.25. The van der Waals surface area contributed by atoms with E-state index in [1.807, 2.05) is 26.0 Å². The number of carboxylic acids is 1. The van der Waals surface area contributed by atoms with Gasteiger partial charge >= 0.3 is 5.97 Å². The summed E-state index contributed by atoms with van der Waals surface area (Å²) in [5.41, 5.74) is 0.992. The fourth-order valence-electron chi connectivity index (χ4n) is 2.73. The van der Waals surface area contributed by atoms with E-state index < -0.39 is 11.9 Å². The van der Waals surface area contributed by atoms with Crippen molar-refractivity contribution in [3.63, 3.8) is 0 Å². The monoisotopic (exact) mass is 327 g/mol. The third-order valence-corrected chi connectivity index (χ3v) is 4.06. The number of benzene rings is 2. The molecule has 0 aliphatic carbocycles. The topological polar surface area (TPSA) is 74.7 Å². The van der Waals surface area contributed by atoms with Crippen molar-refractivity contribution in [1.29, 1.82) is 0 Å². The van der Waals surface area contributed by atoms with E-state index >= 15 is 0 Å². The number of rotatable bonds is 4. The van der Waals surface area contributed by atoms with Gasteiger partial charge in [-0.1, -0.05) is 45.0 Å².